The first-order chi connectivity index (χ1) is 9.38. The van der Waals surface area contributed by atoms with Crippen LogP contribution in [-0.2, 0) is 0 Å². The summed E-state index contributed by atoms with van der Waals surface area (Å²) in [5.74, 6) is 0. The molecule has 2 nitrogen and oxygen atoms in total. The summed E-state index contributed by atoms with van der Waals surface area (Å²) < 4.78 is 0.945. The van der Waals surface area contributed by atoms with Gasteiger partial charge in [0.15, 0.2) is 5.15 Å². The van der Waals surface area contributed by atoms with Crippen molar-refractivity contribution in [1.29, 1.82) is 0 Å². The van der Waals surface area contributed by atoms with Gasteiger partial charge < -0.3 is 5.32 Å². The van der Waals surface area contributed by atoms with Crippen LogP contribution < -0.4 is 5.32 Å². The molecule has 0 spiro atoms. The SMILES string of the molecule is Cc1cc(Cl)nc(Cl)c1NC(C)c1ccc(Br)cc1Cl. The van der Waals surface area contributed by atoms with Gasteiger partial charge in [-0.15, -0.1) is 0 Å². The molecule has 20 heavy (non-hydrogen) atoms. The lowest BCUT2D eigenvalue weighted by Crippen LogP contribution is -2.09. The van der Waals surface area contributed by atoms with Crippen molar-refractivity contribution in [2.24, 2.45) is 0 Å². The molecule has 0 saturated heterocycles. The highest BCUT2D eigenvalue weighted by Gasteiger charge is 2.14. The van der Waals surface area contributed by atoms with Crippen molar-refractivity contribution in [1.82, 2.24) is 4.98 Å². The largest absolute Gasteiger partial charge is 0.376 e. The zero-order valence-corrected chi connectivity index (χ0v) is 14.7. The van der Waals surface area contributed by atoms with Crippen LogP contribution >= 0.6 is 50.7 Å². The summed E-state index contributed by atoms with van der Waals surface area (Å²) in [6, 6.07) is 7.55. The van der Waals surface area contributed by atoms with Gasteiger partial charge in [-0.3, -0.25) is 0 Å². The quantitative estimate of drug-likeness (QED) is 0.619. The molecule has 0 bridgehead atoms. The average molecular weight is 395 g/mol. The molecule has 1 atom stereocenters. The molecule has 1 N–H and O–H groups in total. The van der Waals surface area contributed by atoms with Crippen LogP contribution in [0, 0.1) is 6.92 Å². The van der Waals surface area contributed by atoms with E-state index in [4.69, 9.17) is 34.8 Å². The lowest BCUT2D eigenvalue weighted by molar-refractivity contribution is 0.880. The molecule has 0 aliphatic heterocycles. The number of halogens is 4. The predicted molar refractivity (Wildman–Crippen MR) is 90.2 cm³/mol. The first kappa shape index (κ1) is 15.9. The Hall–Kier alpha value is -0.480. The summed E-state index contributed by atoms with van der Waals surface area (Å²) >= 11 is 21.7. The first-order valence-corrected chi connectivity index (χ1v) is 7.85. The van der Waals surface area contributed by atoms with Crippen molar-refractivity contribution in [3.63, 3.8) is 0 Å². The van der Waals surface area contributed by atoms with Gasteiger partial charge >= 0.3 is 0 Å². The summed E-state index contributed by atoms with van der Waals surface area (Å²) in [6.45, 7) is 3.94. The molecule has 6 heteroatoms. The number of rotatable bonds is 3. The minimum absolute atomic E-state index is 0.00484. The molecule has 1 heterocycles. The molecule has 0 fully saturated rings. The van der Waals surface area contributed by atoms with Crippen molar-refractivity contribution < 1.29 is 0 Å². The van der Waals surface area contributed by atoms with E-state index in [1.807, 2.05) is 32.0 Å². The highest BCUT2D eigenvalue weighted by Crippen LogP contribution is 2.32. The van der Waals surface area contributed by atoms with Crippen molar-refractivity contribution in [2.45, 2.75) is 19.9 Å². The van der Waals surface area contributed by atoms with Crippen LogP contribution in [0.15, 0.2) is 28.7 Å². The Morgan fingerprint density at radius 2 is 1.90 bits per heavy atom. The molecule has 1 aromatic heterocycles. The lowest BCUT2D eigenvalue weighted by atomic mass is 10.1. The van der Waals surface area contributed by atoms with Crippen molar-refractivity contribution in [2.75, 3.05) is 5.32 Å². The molecule has 1 unspecified atom stereocenters. The monoisotopic (exact) mass is 392 g/mol. The maximum atomic E-state index is 6.26. The van der Waals surface area contributed by atoms with Crippen LogP contribution in [0.3, 0.4) is 0 Å². The van der Waals surface area contributed by atoms with E-state index in [9.17, 15) is 0 Å². The van der Waals surface area contributed by atoms with Gasteiger partial charge in [0.05, 0.1) is 11.7 Å². The molecule has 2 aromatic rings. The number of hydrogen-bond acceptors (Lipinski definition) is 2. The van der Waals surface area contributed by atoms with Crippen LogP contribution in [0.1, 0.15) is 24.1 Å². The predicted octanol–water partition coefficient (Wildman–Crippen LogP) is 6.29. The second-order valence-electron chi connectivity index (χ2n) is 4.46. The number of anilines is 1. The number of pyridine rings is 1. The number of nitrogens with zero attached hydrogens (tertiary/aromatic N) is 1. The third-order valence-corrected chi connectivity index (χ3v) is 4.22. The molecule has 0 saturated carbocycles. The topological polar surface area (TPSA) is 24.9 Å². The summed E-state index contributed by atoms with van der Waals surface area (Å²) in [7, 11) is 0. The van der Waals surface area contributed by atoms with Gasteiger partial charge in [-0.1, -0.05) is 56.8 Å². The van der Waals surface area contributed by atoms with Gasteiger partial charge in [0, 0.05) is 9.50 Å². The van der Waals surface area contributed by atoms with E-state index in [-0.39, 0.29) is 6.04 Å². The van der Waals surface area contributed by atoms with Gasteiger partial charge in [0.2, 0.25) is 0 Å². The maximum absolute atomic E-state index is 6.26. The minimum atomic E-state index is -0.00484. The van der Waals surface area contributed by atoms with Gasteiger partial charge in [-0.25, -0.2) is 4.98 Å². The van der Waals surface area contributed by atoms with E-state index in [0.717, 1.165) is 21.3 Å². The Bertz CT molecular complexity index is 623. The van der Waals surface area contributed by atoms with E-state index in [2.05, 4.69) is 26.2 Å². The number of aromatic nitrogens is 1. The van der Waals surface area contributed by atoms with E-state index in [1.165, 1.54) is 0 Å². The van der Waals surface area contributed by atoms with E-state index < -0.39 is 0 Å². The van der Waals surface area contributed by atoms with Gasteiger partial charge in [0.1, 0.15) is 5.15 Å². The second kappa shape index (κ2) is 6.52. The minimum Gasteiger partial charge on any atom is -0.376 e. The molecular formula is C14H12BrCl3N2. The van der Waals surface area contributed by atoms with Crippen molar-refractivity contribution >= 4 is 56.4 Å². The summed E-state index contributed by atoms with van der Waals surface area (Å²) in [4.78, 5) is 4.05. The van der Waals surface area contributed by atoms with E-state index in [0.29, 0.717) is 15.3 Å². The number of benzene rings is 1. The molecule has 0 radical (unpaired) electrons. The molecule has 106 valence electrons. The lowest BCUT2D eigenvalue weighted by Gasteiger charge is -2.19. The normalized spacial score (nSPS) is 12.3. The molecule has 0 aliphatic carbocycles. The standard InChI is InChI=1S/C14H12BrCl3N2/c1-7-5-12(17)20-14(18)13(7)19-8(2)10-4-3-9(15)6-11(10)16/h3-6,8,19H,1-2H3. The Morgan fingerprint density at radius 1 is 1.20 bits per heavy atom. The second-order valence-corrected chi connectivity index (χ2v) is 6.53. The number of aryl methyl sites for hydroxylation is 1. The van der Waals surface area contributed by atoms with E-state index in [1.54, 1.807) is 6.07 Å². The molecule has 2 rings (SSSR count). The smallest absolute Gasteiger partial charge is 0.154 e. The van der Waals surface area contributed by atoms with Gasteiger partial charge in [-0.05, 0) is 43.2 Å². The molecule has 0 aliphatic rings. The summed E-state index contributed by atoms with van der Waals surface area (Å²) in [5, 5.41) is 4.76. The van der Waals surface area contributed by atoms with Crippen molar-refractivity contribution in [3.8, 4) is 0 Å². The van der Waals surface area contributed by atoms with Crippen LogP contribution in [0.5, 0.6) is 0 Å². The van der Waals surface area contributed by atoms with Gasteiger partial charge in [0.25, 0.3) is 0 Å². The Kier molecular flexibility index (Phi) is 5.19. The fraction of sp³-hybridized carbons (Fsp3) is 0.214. The molecular weight excluding hydrogens is 382 g/mol. The highest BCUT2D eigenvalue weighted by atomic mass is 79.9. The van der Waals surface area contributed by atoms with Gasteiger partial charge in [-0.2, -0.15) is 0 Å². The zero-order chi connectivity index (χ0) is 14.9. The number of nitrogens with one attached hydrogen (secondary N) is 1. The average Bonchev–Trinajstić information content (AvgIpc) is 2.33. The molecule has 1 aromatic carbocycles. The highest BCUT2D eigenvalue weighted by molar-refractivity contribution is 9.10. The number of hydrogen-bond donors (Lipinski definition) is 1. The first-order valence-electron chi connectivity index (χ1n) is 5.92. The maximum Gasteiger partial charge on any atom is 0.154 e. The summed E-state index contributed by atoms with van der Waals surface area (Å²) in [5.41, 5.74) is 2.69. The van der Waals surface area contributed by atoms with Crippen molar-refractivity contribution in [3.05, 3.63) is 55.2 Å². The Balaban J connectivity index is 2.30. The third kappa shape index (κ3) is 3.59. The third-order valence-electron chi connectivity index (χ3n) is 2.93. The Morgan fingerprint density at radius 3 is 2.50 bits per heavy atom. The summed E-state index contributed by atoms with van der Waals surface area (Å²) in [6.07, 6.45) is 0. The van der Waals surface area contributed by atoms with Crippen LogP contribution in [-0.4, -0.2) is 4.98 Å². The van der Waals surface area contributed by atoms with Crippen LogP contribution in [0.4, 0.5) is 5.69 Å². The fourth-order valence-corrected chi connectivity index (χ4v) is 3.34. The molecule has 0 amide bonds. The fourth-order valence-electron chi connectivity index (χ4n) is 1.92. The zero-order valence-electron chi connectivity index (χ0n) is 10.8. The van der Waals surface area contributed by atoms with E-state index >= 15 is 0 Å². The van der Waals surface area contributed by atoms with Crippen LogP contribution in [0.2, 0.25) is 15.3 Å². The Labute approximate surface area is 141 Å². The van der Waals surface area contributed by atoms with Crippen LogP contribution in [0.25, 0.3) is 0 Å².